The fourth-order valence-electron chi connectivity index (χ4n) is 2.45. The molecular weight excluding hydrogens is 315 g/mol. The number of pyridine rings is 1. The molecule has 0 saturated carbocycles. The minimum absolute atomic E-state index is 0.0130. The Bertz CT molecular complexity index is 955. The van der Waals surface area contributed by atoms with E-state index in [1.54, 1.807) is 22.9 Å². The van der Waals surface area contributed by atoms with Gasteiger partial charge in [-0.1, -0.05) is 17.8 Å². The van der Waals surface area contributed by atoms with Crippen molar-refractivity contribution < 1.29 is 4.39 Å². The highest BCUT2D eigenvalue weighted by atomic mass is 32.2. The number of hydrogen-bond donors (Lipinski definition) is 1. The van der Waals surface area contributed by atoms with Crippen molar-refractivity contribution in [2.45, 2.75) is 18.6 Å². The van der Waals surface area contributed by atoms with Gasteiger partial charge in [0.2, 0.25) is 0 Å². The molecule has 0 fully saturated rings. The van der Waals surface area contributed by atoms with Crippen LogP contribution in [-0.4, -0.2) is 20.8 Å². The summed E-state index contributed by atoms with van der Waals surface area (Å²) in [6.07, 6.45) is 3.57. The number of halogens is 1. The van der Waals surface area contributed by atoms with Crippen LogP contribution in [0.15, 0.2) is 40.4 Å². The number of thioether (sulfide) groups is 1. The van der Waals surface area contributed by atoms with Crippen LogP contribution in [0.25, 0.3) is 22.2 Å². The van der Waals surface area contributed by atoms with E-state index in [9.17, 15) is 9.18 Å². The molecule has 3 rings (SSSR count). The standard InChI is InChI=1S/C16H15FN4OS/c1-3-21-14-10(8-19-16(20-14)23-2)6-11(15(21)22)9-4-5-12(17)13(18)7-9/h4-8H,3,18H2,1-2H3. The summed E-state index contributed by atoms with van der Waals surface area (Å²) in [6, 6.07) is 6.00. The monoisotopic (exact) mass is 330 g/mol. The minimum Gasteiger partial charge on any atom is -0.396 e. The molecule has 0 amide bonds. The molecule has 0 aliphatic carbocycles. The van der Waals surface area contributed by atoms with E-state index in [2.05, 4.69) is 9.97 Å². The van der Waals surface area contributed by atoms with Crippen molar-refractivity contribution >= 4 is 28.5 Å². The van der Waals surface area contributed by atoms with Crippen LogP contribution in [0.2, 0.25) is 0 Å². The number of aryl methyl sites for hydroxylation is 1. The van der Waals surface area contributed by atoms with Crippen molar-refractivity contribution in [1.29, 1.82) is 0 Å². The van der Waals surface area contributed by atoms with Crippen LogP contribution in [0.5, 0.6) is 0 Å². The maximum Gasteiger partial charge on any atom is 0.260 e. The van der Waals surface area contributed by atoms with Crippen molar-refractivity contribution in [2.75, 3.05) is 12.0 Å². The Morgan fingerprint density at radius 1 is 1.35 bits per heavy atom. The lowest BCUT2D eigenvalue weighted by Crippen LogP contribution is -2.22. The van der Waals surface area contributed by atoms with Gasteiger partial charge in [0.1, 0.15) is 11.5 Å². The van der Waals surface area contributed by atoms with E-state index in [1.807, 2.05) is 13.2 Å². The topological polar surface area (TPSA) is 73.8 Å². The van der Waals surface area contributed by atoms with Crippen LogP contribution in [-0.2, 0) is 6.54 Å². The molecule has 0 aliphatic rings. The maximum absolute atomic E-state index is 13.4. The number of aromatic nitrogens is 3. The van der Waals surface area contributed by atoms with E-state index in [-0.39, 0.29) is 11.2 Å². The number of nitrogens with zero attached hydrogens (tertiary/aromatic N) is 3. The van der Waals surface area contributed by atoms with Crippen LogP contribution in [0.3, 0.4) is 0 Å². The highest BCUT2D eigenvalue weighted by molar-refractivity contribution is 7.98. The predicted octanol–water partition coefficient (Wildman–Crippen LogP) is 2.92. The van der Waals surface area contributed by atoms with Gasteiger partial charge in [-0.15, -0.1) is 0 Å². The molecule has 2 N–H and O–H groups in total. The van der Waals surface area contributed by atoms with Crippen molar-refractivity contribution in [3.63, 3.8) is 0 Å². The molecule has 5 nitrogen and oxygen atoms in total. The van der Waals surface area contributed by atoms with Gasteiger partial charge in [0, 0.05) is 23.7 Å². The highest BCUT2D eigenvalue weighted by Gasteiger charge is 2.13. The first kappa shape index (κ1) is 15.5. The molecule has 0 bridgehead atoms. The average molecular weight is 330 g/mol. The summed E-state index contributed by atoms with van der Waals surface area (Å²) in [4.78, 5) is 21.4. The molecule has 118 valence electrons. The van der Waals surface area contributed by atoms with Crippen molar-refractivity contribution in [3.8, 4) is 11.1 Å². The summed E-state index contributed by atoms with van der Waals surface area (Å²) >= 11 is 1.42. The number of rotatable bonds is 3. The number of benzene rings is 1. The zero-order valence-electron chi connectivity index (χ0n) is 12.7. The lowest BCUT2D eigenvalue weighted by atomic mass is 10.1. The molecule has 0 saturated heterocycles. The smallest absolute Gasteiger partial charge is 0.260 e. The van der Waals surface area contributed by atoms with E-state index in [0.29, 0.717) is 28.5 Å². The van der Waals surface area contributed by atoms with Gasteiger partial charge in [-0.25, -0.2) is 14.4 Å². The normalized spacial score (nSPS) is 11.1. The molecule has 7 heteroatoms. The van der Waals surface area contributed by atoms with Crippen molar-refractivity contribution in [2.24, 2.45) is 0 Å². The number of hydrogen-bond acceptors (Lipinski definition) is 5. The predicted molar refractivity (Wildman–Crippen MR) is 91.1 cm³/mol. The second kappa shape index (κ2) is 6.00. The number of fused-ring (bicyclic) bond motifs is 1. The Labute approximate surface area is 136 Å². The minimum atomic E-state index is -0.502. The van der Waals surface area contributed by atoms with Gasteiger partial charge in [-0.05, 0) is 36.9 Å². The summed E-state index contributed by atoms with van der Waals surface area (Å²) in [6.45, 7) is 2.36. The molecule has 0 aliphatic heterocycles. The zero-order chi connectivity index (χ0) is 16.6. The summed E-state index contributed by atoms with van der Waals surface area (Å²) in [5.41, 5.74) is 7.07. The SMILES string of the molecule is CCn1c(=O)c(-c2ccc(F)c(N)c2)cc2cnc(SC)nc21. The Morgan fingerprint density at radius 2 is 2.13 bits per heavy atom. The lowest BCUT2D eigenvalue weighted by molar-refractivity contribution is 0.632. The van der Waals surface area contributed by atoms with Gasteiger partial charge in [-0.3, -0.25) is 9.36 Å². The van der Waals surface area contributed by atoms with Gasteiger partial charge >= 0.3 is 0 Å². The van der Waals surface area contributed by atoms with Crippen molar-refractivity contribution in [1.82, 2.24) is 14.5 Å². The van der Waals surface area contributed by atoms with Gasteiger partial charge in [-0.2, -0.15) is 0 Å². The molecule has 0 spiro atoms. The van der Waals surface area contributed by atoms with Crippen molar-refractivity contribution in [3.05, 3.63) is 46.6 Å². The first-order chi connectivity index (χ1) is 11.0. The summed E-state index contributed by atoms with van der Waals surface area (Å²) < 4.78 is 15.0. The lowest BCUT2D eigenvalue weighted by Gasteiger charge is -2.11. The molecule has 2 heterocycles. The second-order valence-electron chi connectivity index (χ2n) is 4.98. The van der Waals surface area contributed by atoms with E-state index in [0.717, 1.165) is 5.39 Å². The Kier molecular flexibility index (Phi) is 4.04. The molecule has 0 atom stereocenters. The van der Waals surface area contributed by atoms with Crippen LogP contribution in [0.1, 0.15) is 6.92 Å². The van der Waals surface area contributed by atoms with Crippen LogP contribution < -0.4 is 11.3 Å². The van der Waals surface area contributed by atoms with E-state index in [4.69, 9.17) is 5.73 Å². The highest BCUT2D eigenvalue weighted by Crippen LogP contribution is 2.24. The maximum atomic E-state index is 13.4. The fraction of sp³-hybridized carbons (Fsp3) is 0.188. The molecule has 2 aromatic heterocycles. The van der Waals surface area contributed by atoms with E-state index >= 15 is 0 Å². The zero-order valence-corrected chi connectivity index (χ0v) is 13.5. The van der Waals surface area contributed by atoms with Gasteiger partial charge < -0.3 is 5.73 Å². The molecular formula is C16H15FN4OS. The number of nitrogens with two attached hydrogens (primary N) is 1. The average Bonchev–Trinajstić information content (AvgIpc) is 2.56. The van der Waals surface area contributed by atoms with E-state index in [1.165, 1.54) is 23.9 Å². The van der Waals surface area contributed by atoms with Gasteiger partial charge in [0.05, 0.1) is 5.69 Å². The summed E-state index contributed by atoms with van der Waals surface area (Å²) in [7, 11) is 0. The third-order valence-corrected chi connectivity index (χ3v) is 4.17. The molecule has 0 unspecified atom stereocenters. The van der Waals surface area contributed by atoms with E-state index < -0.39 is 5.82 Å². The fourth-order valence-corrected chi connectivity index (χ4v) is 2.79. The van der Waals surface area contributed by atoms with Crippen LogP contribution >= 0.6 is 11.8 Å². The Morgan fingerprint density at radius 3 is 2.78 bits per heavy atom. The second-order valence-corrected chi connectivity index (χ2v) is 5.75. The molecule has 1 aromatic carbocycles. The van der Waals surface area contributed by atoms with Crippen LogP contribution in [0, 0.1) is 5.82 Å². The first-order valence-electron chi connectivity index (χ1n) is 7.05. The third kappa shape index (κ3) is 2.68. The molecule has 3 aromatic rings. The summed E-state index contributed by atoms with van der Waals surface area (Å²) in [5.74, 6) is -0.502. The molecule has 0 radical (unpaired) electrons. The number of nitrogen functional groups attached to an aromatic ring is 1. The molecule has 23 heavy (non-hydrogen) atoms. The number of anilines is 1. The van der Waals surface area contributed by atoms with Gasteiger partial charge in [0.25, 0.3) is 5.56 Å². The summed E-state index contributed by atoms with van der Waals surface area (Å²) in [5, 5.41) is 1.36. The first-order valence-corrected chi connectivity index (χ1v) is 8.27. The van der Waals surface area contributed by atoms with Gasteiger partial charge in [0.15, 0.2) is 5.16 Å². The largest absolute Gasteiger partial charge is 0.396 e. The Hall–Kier alpha value is -2.41. The Balaban J connectivity index is 2.32. The third-order valence-electron chi connectivity index (χ3n) is 3.61. The van der Waals surface area contributed by atoms with Crippen LogP contribution in [0.4, 0.5) is 10.1 Å². The quantitative estimate of drug-likeness (QED) is 0.454.